The van der Waals surface area contributed by atoms with Crippen LogP contribution in [0.2, 0.25) is 0 Å². The van der Waals surface area contributed by atoms with E-state index in [0.717, 1.165) is 11.3 Å². The molecule has 1 aliphatic rings. The predicted molar refractivity (Wildman–Crippen MR) is 140 cm³/mol. The van der Waals surface area contributed by atoms with E-state index in [2.05, 4.69) is 4.98 Å². The quantitative estimate of drug-likeness (QED) is 0.146. The Labute approximate surface area is 218 Å². The Kier molecular flexibility index (Phi) is 6.90. The molecule has 0 bridgehead atoms. The van der Waals surface area contributed by atoms with E-state index >= 15 is 0 Å². The normalized spacial score (nSPS) is 17.1. The highest BCUT2D eigenvalue weighted by atomic mass is 16.6. The minimum atomic E-state index is -0.992. The van der Waals surface area contributed by atoms with Crippen molar-refractivity contribution in [3.8, 4) is 16.9 Å². The van der Waals surface area contributed by atoms with Gasteiger partial charge in [0.25, 0.3) is 5.69 Å². The first-order valence-electron chi connectivity index (χ1n) is 12.2. The molecular weight excluding hydrogens is 484 g/mol. The number of aromatic nitrogens is 3. The van der Waals surface area contributed by atoms with Crippen LogP contribution in [0.3, 0.4) is 0 Å². The number of pyridine rings is 1. The summed E-state index contributed by atoms with van der Waals surface area (Å²) < 4.78 is 6.93. The van der Waals surface area contributed by atoms with Gasteiger partial charge >= 0.3 is 5.97 Å². The summed E-state index contributed by atoms with van der Waals surface area (Å²) in [6, 6.07) is 19.3. The molecule has 2 aromatic heterocycles. The molecule has 2 aromatic carbocycles. The minimum Gasteiger partial charge on any atom is -0.465 e. The molecule has 2 atom stereocenters. The Morgan fingerprint density at radius 1 is 1.13 bits per heavy atom. The van der Waals surface area contributed by atoms with Gasteiger partial charge in [-0.3, -0.25) is 24.7 Å². The molecular formula is C29H24N4O5. The lowest BCUT2D eigenvalue weighted by Crippen LogP contribution is -2.34. The highest BCUT2D eigenvalue weighted by Crippen LogP contribution is 2.42. The molecule has 1 aliphatic carbocycles. The van der Waals surface area contributed by atoms with Crippen LogP contribution in [-0.4, -0.2) is 38.0 Å². The van der Waals surface area contributed by atoms with E-state index in [9.17, 15) is 19.7 Å². The van der Waals surface area contributed by atoms with Gasteiger partial charge in [-0.05, 0) is 48.8 Å². The van der Waals surface area contributed by atoms with Crippen LogP contribution in [0.4, 0.5) is 5.69 Å². The van der Waals surface area contributed by atoms with Gasteiger partial charge in [0.1, 0.15) is 11.6 Å². The van der Waals surface area contributed by atoms with Gasteiger partial charge < -0.3 is 4.74 Å². The topological polar surface area (TPSA) is 117 Å². The van der Waals surface area contributed by atoms with Crippen molar-refractivity contribution in [2.24, 2.45) is 5.92 Å². The zero-order valence-corrected chi connectivity index (χ0v) is 20.6. The number of rotatable bonds is 7. The maximum absolute atomic E-state index is 13.4. The second-order valence-electron chi connectivity index (χ2n) is 8.88. The first-order valence-corrected chi connectivity index (χ1v) is 12.2. The molecule has 0 saturated heterocycles. The summed E-state index contributed by atoms with van der Waals surface area (Å²) >= 11 is 0. The molecule has 5 rings (SSSR count). The highest BCUT2D eigenvalue weighted by molar-refractivity contribution is 6.11. The smallest absolute Gasteiger partial charge is 0.317 e. The Hall–Kier alpha value is -4.92. The lowest BCUT2D eigenvalue weighted by atomic mass is 9.74. The summed E-state index contributed by atoms with van der Waals surface area (Å²) in [6.45, 7) is 1.87. The lowest BCUT2D eigenvalue weighted by Gasteiger charge is -2.29. The first kappa shape index (κ1) is 24.8. The molecule has 0 spiro atoms. The number of carbonyl (C=O) groups excluding carboxylic acids is 2. The number of nitro groups is 1. The maximum Gasteiger partial charge on any atom is 0.317 e. The molecule has 190 valence electrons. The second-order valence-corrected chi connectivity index (χ2v) is 8.88. The number of ether oxygens (including phenoxy) is 1. The maximum atomic E-state index is 13.4. The van der Waals surface area contributed by atoms with Crippen molar-refractivity contribution in [2.75, 3.05) is 6.61 Å². The molecule has 0 N–H and O–H groups in total. The van der Waals surface area contributed by atoms with Crippen LogP contribution in [0.15, 0.2) is 91.4 Å². The average molecular weight is 509 g/mol. The number of hydrogen-bond acceptors (Lipinski definition) is 7. The zero-order valence-electron chi connectivity index (χ0n) is 20.6. The number of hydrogen-bond donors (Lipinski definition) is 0. The third kappa shape index (κ3) is 4.86. The summed E-state index contributed by atoms with van der Waals surface area (Å²) in [7, 11) is 0. The fourth-order valence-corrected chi connectivity index (χ4v) is 4.78. The monoisotopic (exact) mass is 508 g/mol. The van der Waals surface area contributed by atoms with E-state index in [1.165, 1.54) is 18.2 Å². The van der Waals surface area contributed by atoms with E-state index in [1.807, 2.05) is 42.6 Å². The Balaban J connectivity index is 1.66. The van der Waals surface area contributed by atoms with E-state index < -0.39 is 22.7 Å². The van der Waals surface area contributed by atoms with Crippen LogP contribution >= 0.6 is 0 Å². The Morgan fingerprint density at radius 3 is 2.66 bits per heavy atom. The molecule has 2 unspecified atom stereocenters. The van der Waals surface area contributed by atoms with Crippen molar-refractivity contribution in [3.63, 3.8) is 0 Å². The lowest BCUT2D eigenvalue weighted by molar-refractivity contribution is -0.384. The van der Waals surface area contributed by atoms with Crippen molar-refractivity contribution in [3.05, 3.63) is 113 Å². The Morgan fingerprint density at radius 2 is 1.95 bits per heavy atom. The van der Waals surface area contributed by atoms with Crippen molar-refractivity contribution < 1.29 is 19.2 Å². The number of carbonyl (C=O) groups is 2. The summed E-state index contributed by atoms with van der Waals surface area (Å²) in [4.78, 5) is 41.5. The van der Waals surface area contributed by atoms with Crippen molar-refractivity contribution in [1.29, 1.82) is 0 Å². The zero-order chi connectivity index (χ0) is 26.6. The predicted octanol–water partition coefficient (Wildman–Crippen LogP) is 5.16. The fraction of sp³-hybridized carbons (Fsp3) is 0.172. The third-order valence-corrected chi connectivity index (χ3v) is 6.53. The number of ketones is 1. The molecule has 0 fully saturated rings. The molecule has 9 nitrogen and oxygen atoms in total. The summed E-state index contributed by atoms with van der Waals surface area (Å²) in [6.07, 6.45) is 6.93. The molecule has 0 radical (unpaired) electrons. The number of para-hydroxylation sites is 1. The summed E-state index contributed by atoms with van der Waals surface area (Å²) in [5.41, 5.74) is 3.84. The van der Waals surface area contributed by atoms with Crippen LogP contribution in [0.25, 0.3) is 22.5 Å². The van der Waals surface area contributed by atoms with Gasteiger partial charge in [0, 0.05) is 47.8 Å². The van der Waals surface area contributed by atoms with Crippen LogP contribution in [-0.2, 0) is 14.3 Å². The molecule has 9 heteroatoms. The summed E-state index contributed by atoms with van der Waals surface area (Å²) in [5.74, 6) is -2.42. The second kappa shape index (κ2) is 10.6. The first-order chi connectivity index (χ1) is 18.5. The number of nitrogens with zero attached hydrogens (tertiary/aromatic N) is 4. The van der Waals surface area contributed by atoms with Gasteiger partial charge in [0.05, 0.1) is 17.2 Å². The molecule has 0 aliphatic heterocycles. The van der Waals surface area contributed by atoms with Gasteiger partial charge in [-0.25, -0.2) is 4.68 Å². The van der Waals surface area contributed by atoms with Crippen molar-refractivity contribution >= 4 is 23.0 Å². The number of esters is 1. The van der Waals surface area contributed by atoms with E-state index in [1.54, 1.807) is 42.2 Å². The van der Waals surface area contributed by atoms with Crippen molar-refractivity contribution in [1.82, 2.24) is 14.8 Å². The fourth-order valence-electron chi connectivity index (χ4n) is 4.78. The molecule has 0 saturated carbocycles. The van der Waals surface area contributed by atoms with E-state index in [0.29, 0.717) is 28.8 Å². The van der Waals surface area contributed by atoms with Gasteiger partial charge in [0.15, 0.2) is 5.78 Å². The van der Waals surface area contributed by atoms with Gasteiger partial charge in [-0.1, -0.05) is 36.4 Å². The SMILES string of the molecule is CCOC(=O)C1C(=O)C=C(c2cn(-c3ccccc3)nc2-c2cccc([N+](=O)[O-])c2)CC1c1cccnc1. The van der Waals surface area contributed by atoms with Crippen LogP contribution in [0.5, 0.6) is 0 Å². The standard InChI is InChI=1S/C29H24N4O5/c1-2-38-29(35)27-24(20-9-7-13-30-17-20)15-21(16-26(27)34)25-18-32(22-10-4-3-5-11-22)31-28(25)19-8-6-12-23(14-19)33(36)37/h3-14,16-18,24,27H,2,15H2,1H3. The number of allylic oxidation sites excluding steroid dienone is 2. The average Bonchev–Trinajstić information content (AvgIpc) is 3.39. The third-order valence-electron chi connectivity index (χ3n) is 6.53. The highest BCUT2D eigenvalue weighted by Gasteiger charge is 2.40. The van der Waals surface area contributed by atoms with Gasteiger partial charge in [0.2, 0.25) is 0 Å². The summed E-state index contributed by atoms with van der Waals surface area (Å²) in [5, 5.41) is 16.2. The Bertz CT molecular complexity index is 1530. The van der Waals surface area contributed by atoms with Crippen LogP contribution < -0.4 is 0 Å². The van der Waals surface area contributed by atoms with Gasteiger partial charge in [-0.15, -0.1) is 0 Å². The van der Waals surface area contributed by atoms with Crippen molar-refractivity contribution in [2.45, 2.75) is 19.3 Å². The molecule has 4 aromatic rings. The van der Waals surface area contributed by atoms with Gasteiger partial charge in [-0.2, -0.15) is 5.10 Å². The molecule has 2 heterocycles. The van der Waals surface area contributed by atoms with E-state index in [4.69, 9.17) is 9.84 Å². The number of non-ortho nitro benzene ring substituents is 1. The minimum absolute atomic E-state index is 0.0629. The molecule has 38 heavy (non-hydrogen) atoms. The van der Waals surface area contributed by atoms with E-state index in [-0.39, 0.29) is 18.1 Å². The number of benzene rings is 2. The number of nitro benzene ring substituents is 1. The largest absolute Gasteiger partial charge is 0.465 e. The van der Waals surface area contributed by atoms with Crippen LogP contribution in [0.1, 0.15) is 30.4 Å². The van der Waals surface area contributed by atoms with Crippen LogP contribution in [0, 0.1) is 16.0 Å². The molecule has 0 amide bonds.